The number of hydrogen-bond donors (Lipinski definition) is 2. The van der Waals surface area contributed by atoms with E-state index in [1.807, 2.05) is 5.32 Å². The predicted octanol–water partition coefficient (Wildman–Crippen LogP) is 1.54. The van der Waals surface area contributed by atoms with Gasteiger partial charge in [0.2, 0.25) is 0 Å². The summed E-state index contributed by atoms with van der Waals surface area (Å²) in [5, 5.41) is 11.8. The average molecular weight is 325 g/mol. The molecule has 1 heterocycles. The van der Waals surface area contributed by atoms with Crippen LogP contribution in [-0.2, 0) is 9.59 Å². The molecule has 1 aliphatic heterocycles. The van der Waals surface area contributed by atoms with Crippen LogP contribution in [0.1, 0.15) is 12.5 Å². The van der Waals surface area contributed by atoms with Crippen molar-refractivity contribution in [2.45, 2.75) is 6.92 Å². The Morgan fingerprint density at radius 2 is 2.05 bits per heavy atom. The molecule has 0 unspecified atom stereocenters. The Morgan fingerprint density at radius 3 is 2.68 bits per heavy atom. The van der Waals surface area contributed by atoms with Crippen molar-refractivity contribution in [3.8, 4) is 11.5 Å². The maximum Gasteiger partial charge on any atom is 0.331 e. The molecular weight excluding hydrogens is 312 g/mol. The first-order valence-electron chi connectivity index (χ1n) is 6.35. The van der Waals surface area contributed by atoms with Crippen LogP contribution >= 0.6 is 11.6 Å². The monoisotopic (exact) mass is 324 g/mol. The van der Waals surface area contributed by atoms with Crippen molar-refractivity contribution in [1.29, 1.82) is 0 Å². The molecule has 2 rings (SSSR count). The third kappa shape index (κ3) is 2.89. The Labute approximate surface area is 131 Å². The summed E-state index contributed by atoms with van der Waals surface area (Å²) in [6.07, 6.45) is 1.27. The Balaban J connectivity index is 2.46. The maximum atomic E-state index is 12.0. The number of imide groups is 2. The lowest BCUT2D eigenvalue weighted by Crippen LogP contribution is -2.52. The summed E-state index contributed by atoms with van der Waals surface area (Å²) in [4.78, 5) is 35.9. The number of benzene rings is 1. The van der Waals surface area contributed by atoms with Crippen LogP contribution in [0.5, 0.6) is 11.5 Å². The number of phenolic OH excluding ortho intramolecular Hbond substituents is 1. The fourth-order valence-electron chi connectivity index (χ4n) is 1.85. The number of carbonyl (C=O) groups excluding carboxylic acids is 3. The molecule has 1 aromatic carbocycles. The fraction of sp³-hybridized carbons (Fsp3) is 0.214. The lowest BCUT2D eigenvalue weighted by atomic mass is 10.1. The Morgan fingerprint density at radius 1 is 1.36 bits per heavy atom. The van der Waals surface area contributed by atoms with Crippen molar-refractivity contribution in [1.82, 2.24) is 10.2 Å². The minimum atomic E-state index is -0.796. The molecule has 22 heavy (non-hydrogen) atoms. The second-order valence-electron chi connectivity index (χ2n) is 4.46. The predicted molar refractivity (Wildman–Crippen MR) is 78.6 cm³/mol. The minimum absolute atomic E-state index is 0.0193. The average Bonchev–Trinajstić information content (AvgIpc) is 2.46. The first-order valence-corrected chi connectivity index (χ1v) is 6.73. The molecule has 0 atom stereocenters. The number of hydrogen-bond acceptors (Lipinski definition) is 5. The molecule has 0 saturated carbocycles. The molecule has 1 saturated heterocycles. The molecular formula is C14H13ClN2O5. The highest BCUT2D eigenvalue weighted by Gasteiger charge is 2.33. The summed E-state index contributed by atoms with van der Waals surface area (Å²) < 4.78 is 5.23. The first kappa shape index (κ1) is 15.8. The number of ether oxygens (including phenoxy) is 1. The zero-order valence-electron chi connectivity index (χ0n) is 11.8. The SMILES string of the molecule is CCOc1cc(/C=C2/C(=O)NC(=O)N(C)C2=O)cc(Cl)c1O. The van der Waals surface area contributed by atoms with E-state index in [2.05, 4.69) is 0 Å². The van der Waals surface area contributed by atoms with E-state index < -0.39 is 17.8 Å². The Kier molecular flexibility index (Phi) is 4.37. The number of phenols is 1. The van der Waals surface area contributed by atoms with E-state index in [-0.39, 0.29) is 22.1 Å². The van der Waals surface area contributed by atoms with E-state index in [9.17, 15) is 19.5 Å². The molecule has 7 nitrogen and oxygen atoms in total. The molecule has 116 valence electrons. The van der Waals surface area contributed by atoms with Gasteiger partial charge in [-0.05, 0) is 30.7 Å². The molecule has 8 heteroatoms. The summed E-state index contributed by atoms with van der Waals surface area (Å²) in [5.74, 6) is -1.61. The lowest BCUT2D eigenvalue weighted by Gasteiger charge is -2.22. The van der Waals surface area contributed by atoms with Gasteiger partial charge in [-0.1, -0.05) is 11.6 Å². The molecule has 1 aromatic rings. The number of likely N-dealkylation sites (N-methyl/N-ethyl adjacent to an activating group) is 1. The van der Waals surface area contributed by atoms with Crippen molar-refractivity contribution in [3.05, 3.63) is 28.3 Å². The van der Waals surface area contributed by atoms with Gasteiger partial charge < -0.3 is 9.84 Å². The number of nitrogens with zero attached hydrogens (tertiary/aromatic N) is 1. The highest BCUT2D eigenvalue weighted by Crippen LogP contribution is 2.36. The topological polar surface area (TPSA) is 95.9 Å². The van der Waals surface area contributed by atoms with Crippen LogP contribution in [0.2, 0.25) is 5.02 Å². The van der Waals surface area contributed by atoms with Gasteiger partial charge in [-0.15, -0.1) is 0 Å². The number of barbiturate groups is 1. The van der Waals surface area contributed by atoms with Gasteiger partial charge in [-0.25, -0.2) is 4.79 Å². The van der Waals surface area contributed by atoms with Gasteiger partial charge in [0.1, 0.15) is 5.57 Å². The summed E-state index contributed by atoms with van der Waals surface area (Å²) in [5.41, 5.74) is 0.166. The summed E-state index contributed by atoms with van der Waals surface area (Å²) in [6.45, 7) is 2.04. The fourth-order valence-corrected chi connectivity index (χ4v) is 2.07. The van der Waals surface area contributed by atoms with Crippen LogP contribution in [0.25, 0.3) is 6.08 Å². The van der Waals surface area contributed by atoms with Crippen molar-refractivity contribution in [2.24, 2.45) is 0 Å². The van der Waals surface area contributed by atoms with Crippen molar-refractivity contribution >= 4 is 35.5 Å². The van der Waals surface area contributed by atoms with E-state index in [0.717, 1.165) is 4.90 Å². The van der Waals surface area contributed by atoms with Crippen LogP contribution in [0.3, 0.4) is 0 Å². The number of nitrogens with one attached hydrogen (secondary N) is 1. The molecule has 0 radical (unpaired) electrons. The largest absolute Gasteiger partial charge is 0.503 e. The molecule has 0 aliphatic carbocycles. The number of amides is 4. The van der Waals surface area contributed by atoms with Gasteiger partial charge in [0.15, 0.2) is 11.5 Å². The second kappa shape index (κ2) is 6.07. The molecule has 0 aromatic heterocycles. The Bertz CT molecular complexity index is 699. The van der Waals surface area contributed by atoms with Gasteiger partial charge in [0.05, 0.1) is 11.6 Å². The zero-order chi connectivity index (χ0) is 16.4. The minimum Gasteiger partial charge on any atom is -0.503 e. The molecule has 2 N–H and O–H groups in total. The summed E-state index contributed by atoms with van der Waals surface area (Å²) in [6, 6.07) is 2.03. The molecule has 0 bridgehead atoms. The van der Waals surface area contributed by atoms with Crippen LogP contribution in [-0.4, -0.2) is 41.5 Å². The van der Waals surface area contributed by atoms with Gasteiger partial charge in [-0.2, -0.15) is 0 Å². The third-order valence-electron chi connectivity index (χ3n) is 2.97. The van der Waals surface area contributed by atoms with Crippen molar-refractivity contribution < 1.29 is 24.2 Å². The highest BCUT2D eigenvalue weighted by molar-refractivity contribution is 6.33. The Hall–Kier alpha value is -2.54. The van der Waals surface area contributed by atoms with Crippen LogP contribution in [0, 0.1) is 0 Å². The number of aromatic hydroxyl groups is 1. The smallest absolute Gasteiger partial charge is 0.331 e. The molecule has 0 spiro atoms. The molecule has 1 aliphatic rings. The van der Waals surface area contributed by atoms with Gasteiger partial charge in [0, 0.05) is 7.05 Å². The summed E-state index contributed by atoms with van der Waals surface area (Å²) >= 11 is 5.89. The van der Waals surface area contributed by atoms with E-state index in [4.69, 9.17) is 16.3 Å². The van der Waals surface area contributed by atoms with Gasteiger partial charge in [0.25, 0.3) is 11.8 Å². The second-order valence-corrected chi connectivity index (χ2v) is 4.87. The van der Waals surface area contributed by atoms with Crippen molar-refractivity contribution in [3.63, 3.8) is 0 Å². The zero-order valence-corrected chi connectivity index (χ0v) is 12.6. The quantitative estimate of drug-likeness (QED) is 0.649. The number of rotatable bonds is 3. The van der Waals surface area contributed by atoms with E-state index in [1.165, 1.54) is 25.3 Å². The lowest BCUT2D eigenvalue weighted by molar-refractivity contribution is -0.129. The van der Waals surface area contributed by atoms with Crippen molar-refractivity contribution in [2.75, 3.05) is 13.7 Å². The molecule has 4 amide bonds. The number of carbonyl (C=O) groups is 3. The molecule has 1 fully saturated rings. The summed E-state index contributed by atoms with van der Waals surface area (Å²) in [7, 11) is 1.26. The highest BCUT2D eigenvalue weighted by atomic mass is 35.5. The van der Waals surface area contributed by atoms with Crippen LogP contribution < -0.4 is 10.1 Å². The van der Waals surface area contributed by atoms with E-state index >= 15 is 0 Å². The van der Waals surface area contributed by atoms with Crippen LogP contribution in [0.15, 0.2) is 17.7 Å². The standard InChI is InChI=1S/C14H13ClN2O5/c1-3-22-10-6-7(5-9(15)11(10)18)4-8-12(19)16-14(21)17(2)13(8)20/h4-6,18H,3H2,1-2H3,(H,16,19,21)/b8-4-. The maximum absolute atomic E-state index is 12.0. The van der Waals surface area contributed by atoms with Crippen LogP contribution in [0.4, 0.5) is 4.79 Å². The van der Waals surface area contributed by atoms with Gasteiger partial charge >= 0.3 is 6.03 Å². The number of urea groups is 1. The number of halogens is 1. The van der Waals surface area contributed by atoms with Gasteiger partial charge in [-0.3, -0.25) is 19.8 Å². The third-order valence-corrected chi connectivity index (χ3v) is 3.25. The normalized spacial score (nSPS) is 17.0. The van der Waals surface area contributed by atoms with E-state index in [1.54, 1.807) is 6.92 Å². The van der Waals surface area contributed by atoms with E-state index in [0.29, 0.717) is 12.2 Å². The first-order chi connectivity index (χ1) is 10.3.